The van der Waals surface area contributed by atoms with E-state index >= 15 is 0 Å². The van der Waals surface area contributed by atoms with Gasteiger partial charge in [-0.3, -0.25) is 5.32 Å². The number of hydrogen-bond donors (Lipinski definition) is 2. The van der Waals surface area contributed by atoms with Crippen molar-refractivity contribution in [2.75, 3.05) is 0 Å². The number of aliphatic imine (C=N–C) groups is 1. The predicted molar refractivity (Wildman–Crippen MR) is 239 cm³/mol. The monoisotopic (exact) mass is 774 g/mol. The molecule has 2 N–H and O–H groups in total. The Labute approximate surface area is 346 Å². The first-order valence-electron chi connectivity index (χ1n) is 21.9. The first-order valence-corrected chi connectivity index (χ1v) is 21.9. The lowest BCUT2D eigenvalue weighted by molar-refractivity contribution is 0.269. The second-order valence-electron chi connectivity index (χ2n) is 17.8. The van der Waals surface area contributed by atoms with Crippen molar-refractivity contribution in [3.8, 4) is 17.2 Å². The lowest BCUT2D eigenvalue weighted by Gasteiger charge is -2.38. The predicted octanol–water partition coefficient (Wildman–Crippen LogP) is 11.5. The van der Waals surface area contributed by atoms with E-state index < -0.39 is 0 Å². The van der Waals surface area contributed by atoms with Crippen molar-refractivity contribution in [3.63, 3.8) is 0 Å². The van der Waals surface area contributed by atoms with Crippen molar-refractivity contribution in [2.24, 2.45) is 16.8 Å². The van der Waals surface area contributed by atoms with E-state index in [9.17, 15) is 0 Å². The van der Waals surface area contributed by atoms with Crippen molar-refractivity contribution >= 4 is 34.1 Å². The second kappa shape index (κ2) is 13.9. The number of para-hydroxylation sites is 1. The maximum absolute atomic E-state index is 6.93. The van der Waals surface area contributed by atoms with E-state index in [1.54, 1.807) is 0 Å². The highest BCUT2D eigenvalue weighted by atomic mass is 16.5. The maximum atomic E-state index is 6.93. The smallest absolute Gasteiger partial charge is 0.155 e. The number of benzene rings is 3. The number of nitrogens with zero attached hydrogens (tertiary/aromatic N) is 2. The summed E-state index contributed by atoms with van der Waals surface area (Å²) in [6, 6.07) is 26.6. The average Bonchev–Trinajstić information content (AvgIpc) is 3.96. The van der Waals surface area contributed by atoms with E-state index in [1.807, 2.05) is 0 Å². The minimum absolute atomic E-state index is 0.0325. The summed E-state index contributed by atoms with van der Waals surface area (Å²) in [5.74, 6) is 5.33. The molecule has 0 radical (unpaired) electrons. The van der Waals surface area contributed by atoms with E-state index in [-0.39, 0.29) is 24.4 Å². The van der Waals surface area contributed by atoms with Crippen molar-refractivity contribution in [2.45, 2.75) is 89.1 Å². The van der Waals surface area contributed by atoms with Gasteiger partial charge >= 0.3 is 0 Å². The number of nitrogens with one attached hydrogen (secondary N) is 2. The van der Waals surface area contributed by atoms with Gasteiger partial charge in [0.1, 0.15) is 29.6 Å². The number of fused-ring (bicyclic) bond motifs is 10. The number of hydrogen-bond acceptors (Lipinski definition) is 5. The van der Waals surface area contributed by atoms with Crippen LogP contribution >= 0.6 is 0 Å². The Morgan fingerprint density at radius 1 is 0.864 bits per heavy atom. The largest absolute Gasteiger partial charge is 0.485 e. The molecule has 0 amide bonds. The highest BCUT2D eigenvalue weighted by Gasteiger charge is 2.42. The van der Waals surface area contributed by atoms with Crippen LogP contribution in [0.1, 0.15) is 96.9 Å². The van der Waals surface area contributed by atoms with Gasteiger partial charge < -0.3 is 19.0 Å². The zero-order valence-electron chi connectivity index (χ0n) is 33.8. The third-order valence-electron chi connectivity index (χ3n) is 14.0. The lowest BCUT2D eigenvalue weighted by Crippen LogP contribution is -2.58. The third kappa shape index (κ3) is 5.74. The van der Waals surface area contributed by atoms with Crippen LogP contribution < -0.4 is 15.4 Å². The molecular weight excluding hydrogens is 725 g/mol. The zero-order chi connectivity index (χ0) is 39.2. The van der Waals surface area contributed by atoms with Crippen molar-refractivity contribution in [1.29, 1.82) is 0 Å². The Hall–Kier alpha value is -5.85. The zero-order valence-corrected chi connectivity index (χ0v) is 33.8. The molecule has 2 aromatic heterocycles. The summed E-state index contributed by atoms with van der Waals surface area (Å²) in [5.41, 5.74) is 14.2. The van der Waals surface area contributed by atoms with Crippen LogP contribution in [0.5, 0.6) is 5.75 Å². The van der Waals surface area contributed by atoms with Crippen molar-refractivity contribution in [1.82, 2.24) is 15.2 Å². The molecule has 0 bridgehead atoms. The highest BCUT2D eigenvalue weighted by molar-refractivity contribution is 6.01. The topological polar surface area (TPSA) is 63.7 Å². The molecule has 294 valence electrons. The van der Waals surface area contributed by atoms with Gasteiger partial charge in [-0.2, -0.15) is 0 Å². The SMILES string of the molecule is CC1C=Cc2oc3c(c2C1)C(C)Cc1c-3n(C2=CC=CC3Oc4cc(C5=NC(C6=CCCC=C6)NC(C6CC=C(c7ccccc7)CC6)N5)ccc4C23)c2ccccc12. The quantitative estimate of drug-likeness (QED) is 0.187. The average molecular weight is 775 g/mol. The van der Waals surface area contributed by atoms with Crippen molar-refractivity contribution < 1.29 is 9.15 Å². The molecule has 0 spiro atoms. The Morgan fingerprint density at radius 2 is 1.76 bits per heavy atom. The van der Waals surface area contributed by atoms with E-state index in [0.717, 1.165) is 73.6 Å². The molecule has 0 saturated heterocycles. The molecule has 7 atom stereocenters. The molecule has 6 nitrogen and oxygen atoms in total. The standard InChI is InChI=1S/C53H50N4O2/c1-31-20-27-44-41(28-31)47-32(2)29-40-38-16-9-10-17-42(38)57(49(40)50(47)59-44)43-18-11-19-45-48(43)39-26-25-37(30-46(39)58-45)53-55-51(35-14-7-4-8-15-35)54-52(56-53)36-23-21-34(22-24-36)33-12-5-3-6-13-33/h3,5-7,9-21,25-27,30-32,36,45,48,51-52,54H,4,8,22-24,28-29H2,1-2H3,(H,55,56). The van der Waals surface area contributed by atoms with E-state index in [1.165, 1.54) is 61.3 Å². The lowest BCUT2D eigenvalue weighted by atomic mass is 9.80. The summed E-state index contributed by atoms with van der Waals surface area (Å²) in [6.45, 7) is 4.69. The minimum atomic E-state index is -0.110. The Kier molecular flexibility index (Phi) is 8.26. The van der Waals surface area contributed by atoms with E-state index in [2.05, 4.69) is 157 Å². The van der Waals surface area contributed by atoms with Crippen LogP contribution in [0.25, 0.3) is 39.7 Å². The van der Waals surface area contributed by atoms with Crippen LogP contribution in [0, 0.1) is 11.8 Å². The fraction of sp³-hybridized carbons (Fsp3) is 0.302. The van der Waals surface area contributed by atoms with Crippen LogP contribution in [0.15, 0.2) is 136 Å². The summed E-state index contributed by atoms with van der Waals surface area (Å²) < 4.78 is 16.4. The van der Waals surface area contributed by atoms with Gasteiger partial charge in [0.2, 0.25) is 0 Å². The molecule has 5 aliphatic carbocycles. The second-order valence-corrected chi connectivity index (χ2v) is 17.8. The van der Waals surface area contributed by atoms with Crippen LogP contribution in [0.3, 0.4) is 0 Å². The number of rotatable bonds is 5. The molecule has 0 fully saturated rings. The van der Waals surface area contributed by atoms with Gasteiger partial charge in [-0.1, -0.05) is 111 Å². The van der Waals surface area contributed by atoms with Gasteiger partial charge in [0.25, 0.3) is 0 Å². The van der Waals surface area contributed by atoms with Gasteiger partial charge in [0.05, 0.1) is 23.3 Å². The van der Waals surface area contributed by atoms with Crippen LogP contribution in [-0.4, -0.2) is 28.8 Å². The number of furan rings is 1. The van der Waals surface area contributed by atoms with Gasteiger partial charge in [-0.25, -0.2) is 4.99 Å². The van der Waals surface area contributed by atoms with Crippen molar-refractivity contribution in [3.05, 3.63) is 166 Å². The highest BCUT2D eigenvalue weighted by Crippen LogP contribution is 2.54. The molecule has 0 saturated carbocycles. The Bertz CT molecular complexity index is 2750. The Balaban J connectivity index is 0.905. The number of aromatic nitrogens is 1. The maximum Gasteiger partial charge on any atom is 0.155 e. The fourth-order valence-electron chi connectivity index (χ4n) is 11.2. The van der Waals surface area contributed by atoms with Crippen LogP contribution in [0.2, 0.25) is 0 Å². The van der Waals surface area contributed by atoms with E-state index in [4.69, 9.17) is 14.1 Å². The molecule has 59 heavy (non-hydrogen) atoms. The van der Waals surface area contributed by atoms with Crippen LogP contribution in [0.4, 0.5) is 0 Å². The van der Waals surface area contributed by atoms with E-state index in [0.29, 0.717) is 17.8 Å². The molecule has 6 heteroatoms. The summed E-state index contributed by atoms with van der Waals surface area (Å²) in [6.07, 6.45) is 27.9. The van der Waals surface area contributed by atoms with Crippen LogP contribution in [-0.2, 0) is 12.8 Å². The molecule has 7 aliphatic rings. The molecule has 5 aromatic rings. The summed E-state index contributed by atoms with van der Waals surface area (Å²) in [5, 5.41) is 9.13. The number of ether oxygens (including phenoxy) is 1. The molecule has 12 rings (SSSR count). The van der Waals surface area contributed by atoms with Gasteiger partial charge in [0, 0.05) is 33.3 Å². The summed E-state index contributed by atoms with van der Waals surface area (Å²) >= 11 is 0. The molecule has 2 aliphatic heterocycles. The number of amidine groups is 1. The molecule has 7 unspecified atom stereocenters. The molecular formula is C53H50N4O2. The summed E-state index contributed by atoms with van der Waals surface area (Å²) in [7, 11) is 0. The minimum Gasteiger partial charge on any atom is -0.485 e. The molecule has 3 aromatic carbocycles. The van der Waals surface area contributed by atoms with Gasteiger partial charge in [-0.05, 0) is 115 Å². The normalized spacial score (nSPS) is 27.6. The number of allylic oxidation sites excluding steroid dienone is 7. The van der Waals surface area contributed by atoms with Gasteiger partial charge in [0.15, 0.2) is 5.76 Å². The summed E-state index contributed by atoms with van der Waals surface area (Å²) in [4.78, 5) is 5.36. The molecule has 4 heterocycles. The third-order valence-corrected chi connectivity index (χ3v) is 14.0. The Morgan fingerprint density at radius 3 is 2.63 bits per heavy atom. The van der Waals surface area contributed by atoms with Gasteiger partial charge in [-0.15, -0.1) is 0 Å². The first-order chi connectivity index (χ1) is 29.1. The fourth-order valence-corrected chi connectivity index (χ4v) is 11.2. The first kappa shape index (κ1) is 35.1.